The molecule has 1 amide bonds. The minimum absolute atomic E-state index is 0.0526. The Balaban J connectivity index is 1.60. The molecule has 0 spiro atoms. The number of nitrogens with one attached hydrogen (secondary N) is 1. The predicted molar refractivity (Wildman–Crippen MR) is 99.7 cm³/mol. The van der Waals surface area contributed by atoms with Crippen LogP contribution >= 0.6 is 0 Å². The monoisotopic (exact) mass is 363 g/mol. The van der Waals surface area contributed by atoms with Crippen molar-refractivity contribution < 1.29 is 13.9 Å². The second kappa shape index (κ2) is 8.93. The van der Waals surface area contributed by atoms with Crippen molar-refractivity contribution in [3.8, 4) is 0 Å². The molecule has 2 fully saturated rings. The summed E-state index contributed by atoms with van der Waals surface area (Å²) in [5, 5.41) is 3.12. The summed E-state index contributed by atoms with van der Waals surface area (Å²) in [7, 11) is 2.12. The fourth-order valence-corrected chi connectivity index (χ4v) is 3.93. The summed E-state index contributed by atoms with van der Waals surface area (Å²) in [6.07, 6.45) is 2.69. The number of nitrogens with zero attached hydrogens (tertiary/aromatic N) is 2. The fourth-order valence-electron chi connectivity index (χ4n) is 3.93. The maximum atomic E-state index is 13.7. The highest BCUT2D eigenvalue weighted by Gasteiger charge is 2.35. The lowest BCUT2D eigenvalue weighted by atomic mass is 9.74. The Kier molecular flexibility index (Phi) is 6.62. The highest BCUT2D eigenvalue weighted by Crippen LogP contribution is 2.34. The van der Waals surface area contributed by atoms with Crippen LogP contribution in [0.4, 0.5) is 4.39 Å². The second-order valence-corrected chi connectivity index (χ2v) is 7.61. The first-order chi connectivity index (χ1) is 12.6. The van der Waals surface area contributed by atoms with Crippen LogP contribution < -0.4 is 5.32 Å². The minimum Gasteiger partial charge on any atom is -0.381 e. The standard InChI is InChI=1S/C20H30FN3O2/c1-23-8-3-9-24(11-10-23)15-19(25)22-16-20(6-12-26-13-7-20)17-4-2-5-18(21)14-17/h2,4-5,14H,3,6-13,15-16H2,1H3,(H,22,25). The van der Waals surface area contributed by atoms with E-state index in [9.17, 15) is 9.18 Å². The molecule has 2 heterocycles. The van der Waals surface area contributed by atoms with Crippen molar-refractivity contribution in [1.82, 2.24) is 15.1 Å². The van der Waals surface area contributed by atoms with Gasteiger partial charge in [-0.3, -0.25) is 9.69 Å². The van der Waals surface area contributed by atoms with Gasteiger partial charge in [0.1, 0.15) is 5.82 Å². The molecule has 3 rings (SSSR count). The maximum Gasteiger partial charge on any atom is 0.234 e. The van der Waals surface area contributed by atoms with E-state index < -0.39 is 0 Å². The van der Waals surface area contributed by atoms with Gasteiger partial charge in [0.25, 0.3) is 0 Å². The first kappa shape index (κ1) is 19.3. The molecule has 0 aromatic heterocycles. The van der Waals surface area contributed by atoms with Gasteiger partial charge in [-0.2, -0.15) is 0 Å². The lowest BCUT2D eigenvalue weighted by molar-refractivity contribution is -0.122. The molecular formula is C20H30FN3O2. The zero-order valence-corrected chi connectivity index (χ0v) is 15.7. The third kappa shape index (κ3) is 5.02. The van der Waals surface area contributed by atoms with Crippen LogP contribution in [0.1, 0.15) is 24.8 Å². The summed E-state index contributed by atoms with van der Waals surface area (Å²) in [6.45, 7) is 6.22. The second-order valence-electron chi connectivity index (χ2n) is 7.61. The molecule has 1 aromatic carbocycles. The summed E-state index contributed by atoms with van der Waals surface area (Å²) in [5.41, 5.74) is 0.715. The van der Waals surface area contributed by atoms with Gasteiger partial charge in [0.15, 0.2) is 0 Å². The molecule has 5 nitrogen and oxygen atoms in total. The zero-order valence-electron chi connectivity index (χ0n) is 15.7. The van der Waals surface area contributed by atoms with E-state index >= 15 is 0 Å². The van der Waals surface area contributed by atoms with Gasteiger partial charge in [0.2, 0.25) is 5.91 Å². The van der Waals surface area contributed by atoms with Crippen LogP contribution in [0, 0.1) is 5.82 Å². The summed E-state index contributed by atoms with van der Waals surface area (Å²) < 4.78 is 19.3. The number of rotatable bonds is 5. The van der Waals surface area contributed by atoms with Crippen LogP contribution in [-0.4, -0.2) is 75.2 Å². The van der Waals surface area contributed by atoms with Crippen LogP contribution in [-0.2, 0) is 14.9 Å². The molecule has 26 heavy (non-hydrogen) atoms. The number of carbonyl (C=O) groups is 1. The molecule has 2 aliphatic heterocycles. The van der Waals surface area contributed by atoms with Crippen molar-refractivity contribution in [2.75, 3.05) is 59.5 Å². The Labute approximate surface area is 155 Å². The number of carbonyl (C=O) groups excluding carboxylic acids is 1. The van der Waals surface area contributed by atoms with Gasteiger partial charge in [-0.05, 0) is 57.1 Å². The van der Waals surface area contributed by atoms with E-state index in [0.29, 0.717) is 26.3 Å². The highest BCUT2D eigenvalue weighted by molar-refractivity contribution is 5.78. The van der Waals surface area contributed by atoms with Crippen molar-refractivity contribution in [3.63, 3.8) is 0 Å². The molecular weight excluding hydrogens is 333 g/mol. The Bertz CT molecular complexity index is 604. The Morgan fingerprint density at radius 1 is 1.23 bits per heavy atom. The van der Waals surface area contributed by atoms with Gasteiger partial charge in [-0.1, -0.05) is 12.1 Å². The Morgan fingerprint density at radius 2 is 2.04 bits per heavy atom. The molecule has 0 radical (unpaired) electrons. The molecule has 1 N–H and O–H groups in total. The average molecular weight is 363 g/mol. The van der Waals surface area contributed by atoms with E-state index in [0.717, 1.165) is 51.0 Å². The van der Waals surface area contributed by atoms with Crippen LogP contribution in [0.25, 0.3) is 0 Å². The first-order valence-corrected chi connectivity index (χ1v) is 9.59. The smallest absolute Gasteiger partial charge is 0.234 e. The molecule has 2 aliphatic rings. The minimum atomic E-state index is -0.241. The molecule has 1 aromatic rings. The zero-order chi connectivity index (χ0) is 18.4. The topological polar surface area (TPSA) is 44.8 Å². The molecule has 2 saturated heterocycles. The number of amides is 1. The van der Waals surface area contributed by atoms with E-state index in [-0.39, 0.29) is 17.1 Å². The van der Waals surface area contributed by atoms with E-state index in [1.807, 2.05) is 6.07 Å². The quantitative estimate of drug-likeness (QED) is 0.864. The maximum absolute atomic E-state index is 13.7. The lowest BCUT2D eigenvalue weighted by Gasteiger charge is -2.38. The molecule has 144 valence electrons. The van der Waals surface area contributed by atoms with E-state index in [2.05, 4.69) is 22.2 Å². The molecule has 0 bridgehead atoms. The van der Waals surface area contributed by atoms with Crippen molar-refractivity contribution in [2.24, 2.45) is 0 Å². The normalized spacial score (nSPS) is 21.9. The number of likely N-dealkylation sites (N-methyl/N-ethyl adjacent to an activating group) is 1. The van der Waals surface area contributed by atoms with Crippen LogP contribution in [0.5, 0.6) is 0 Å². The van der Waals surface area contributed by atoms with Crippen LogP contribution in [0.15, 0.2) is 24.3 Å². The highest BCUT2D eigenvalue weighted by atomic mass is 19.1. The summed E-state index contributed by atoms with van der Waals surface area (Å²) in [5.74, 6) is -0.176. The Hall–Kier alpha value is -1.50. The number of hydrogen-bond donors (Lipinski definition) is 1. The van der Waals surface area contributed by atoms with Gasteiger partial charge < -0.3 is 15.0 Å². The average Bonchev–Trinajstić information content (AvgIpc) is 2.85. The van der Waals surface area contributed by atoms with Gasteiger partial charge in [-0.25, -0.2) is 4.39 Å². The summed E-state index contributed by atoms with van der Waals surface area (Å²) >= 11 is 0. The number of hydrogen-bond acceptors (Lipinski definition) is 4. The number of halogens is 1. The predicted octanol–water partition coefficient (Wildman–Crippen LogP) is 1.63. The SMILES string of the molecule is CN1CCCN(CC(=O)NCC2(c3cccc(F)c3)CCOCC2)CC1. The first-order valence-electron chi connectivity index (χ1n) is 9.59. The molecule has 0 atom stereocenters. The molecule has 0 saturated carbocycles. The number of ether oxygens (including phenoxy) is 1. The van der Waals surface area contributed by atoms with Crippen LogP contribution in [0.2, 0.25) is 0 Å². The van der Waals surface area contributed by atoms with Gasteiger partial charge in [-0.15, -0.1) is 0 Å². The largest absolute Gasteiger partial charge is 0.381 e. The van der Waals surface area contributed by atoms with Gasteiger partial charge >= 0.3 is 0 Å². The van der Waals surface area contributed by atoms with Crippen molar-refractivity contribution in [3.05, 3.63) is 35.6 Å². The number of benzene rings is 1. The summed E-state index contributed by atoms with van der Waals surface area (Å²) in [4.78, 5) is 17.0. The summed E-state index contributed by atoms with van der Waals surface area (Å²) in [6, 6.07) is 6.77. The third-order valence-corrected chi connectivity index (χ3v) is 5.69. The van der Waals surface area contributed by atoms with Crippen molar-refractivity contribution >= 4 is 5.91 Å². The van der Waals surface area contributed by atoms with Gasteiger partial charge in [0, 0.05) is 38.3 Å². The van der Waals surface area contributed by atoms with Crippen molar-refractivity contribution in [2.45, 2.75) is 24.7 Å². The van der Waals surface area contributed by atoms with E-state index in [4.69, 9.17) is 4.74 Å². The van der Waals surface area contributed by atoms with Crippen LogP contribution in [0.3, 0.4) is 0 Å². The lowest BCUT2D eigenvalue weighted by Crippen LogP contribution is -2.47. The third-order valence-electron chi connectivity index (χ3n) is 5.69. The molecule has 0 aliphatic carbocycles. The molecule has 6 heteroatoms. The Morgan fingerprint density at radius 3 is 2.81 bits per heavy atom. The van der Waals surface area contributed by atoms with Gasteiger partial charge in [0.05, 0.1) is 6.54 Å². The van der Waals surface area contributed by atoms with E-state index in [1.165, 1.54) is 6.07 Å². The molecule has 0 unspecified atom stereocenters. The fraction of sp³-hybridized carbons (Fsp3) is 0.650. The van der Waals surface area contributed by atoms with E-state index in [1.54, 1.807) is 12.1 Å². The van der Waals surface area contributed by atoms with Crippen molar-refractivity contribution in [1.29, 1.82) is 0 Å².